The first-order valence-electron chi connectivity index (χ1n) is 10.7. The van der Waals surface area contributed by atoms with E-state index in [9.17, 15) is 9.50 Å². The molecule has 1 atom stereocenters. The maximum absolute atomic E-state index is 14.0. The molecule has 3 aromatic rings. The van der Waals surface area contributed by atoms with Gasteiger partial charge in [0, 0.05) is 22.5 Å². The van der Waals surface area contributed by atoms with E-state index in [-0.39, 0.29) is 11.7 Å². The van der Waals surface area contributed by atoms with Gasteiger partial charge in [0.05, 0.1) is 11.3 Å². The van der Waals surface area contributed by atoms with Crippen molar-refractivity contribution in [3.63, 3.8) is 0 Å². The minimum Gasteiger partial charge on any atom is -0.494 e. The van der Waals surface area contributed by atoms with Crippen LogP contribution in [0.25, 0.3) is 10.9 Å². The van der Waals surface area contributed by atoms with Gasteiger partial charge in [0.2, 0.25) is 0 Å². The number of aromatic amines is 1. The summed E-state index contributed by atoms with van der Waals surface area (Å²) in [5.41, 5.74) is 3.42. The first-order chi connectivity index (χ1) is 15.1. The molecule has 2 N–H and O–H groups in total. The lowest BCUT2D eigenvalue weighted by Gasteiger charge is -2.32. The van der Waals surface area contributed by atoms with Gasteiger partial charge in [0.25, 0.3) is 0 Å². The Morgan fingerprint density at radius 1 is 1.26 bits per heavy atom. The van der Waals surface area contributed by atoms with Crippen LogP contribution in [0.5, 0.6) is 5.88 Å². The molecular formula is C24H25FN4O2. The highest BCUT2D eigenvalue weighted by Gasteiger charge is 2.30. The number of oxime groups is 1. The van der Waals surface area contributed by atoms with Crippen LogP contribution in [-0.2, 0) is 4.84 Å². The molecule has 160 valence electrons. The van der Waals surface area contributed by atoms with E-state index < -0.39 is 0 Å². The maximum atomic E-state index is 14.0. The third-order valence-electron chi connectivity index (χ3n) is 6.21. The second-order valence-corrected chi connectivity index (χ2v) is 8.21. The molecule has 1 fully saturated rings. The predicted octanol–water partition coefficient (Wildman–Crippen LogP) is 4.74. The summed E-state index contributed by atoms with van der Waals surface area (Å²) in [5.74, 6) is -0.361. The second-order valence-electron chi connectivity index (χ2n) is 8.21. The zero-order chi connectivity index (χ0) is 21.4. The number of likely N-dealkylation sites (tertiary alicyclic amines) is 1. The number of H-pyrrole nitrogens is 1. The van der Waals surface area contributed by atoms with Crippen molar-refractivity contribution in [1.82, 2.24) is 9.88 Å². The molecule has 2 aliphatic heterocycles. The number of benzene rings is 2. The van der Waals surface area contributed by atoms with Gasteiger partial charge in [-0.15, -0.1) is 0 Å². The number of halogens is 1. The molecule has 7 heteroatoms. The Morgan fingerprint density at radius 3 is 3.00 bits per heavy atom. The monoisotopic (exact) mass is 420 g/mol. The van der Waals surface area contributed by atoms with E-state index >= 15 is 0 Å². The Kier molecular flexibility index (Phi) is 5.19. The lowest BCUT2D eigenvalue weighted by atomic mass is 10.0. The van der Waals surface area contributed by atoms with Crippen LogP contribution in [0.2, 0.25) is 0 Å². The van der Waals surface area contributed by atoms with Crippen LogP contribution in [0.1, 0.15) is 36.8 Å². The standard InChI is InChI=1S/C24H25FN4O2/c1-29-12-5-4-6-16(29)11-13-31-28-22-18-14-15(25)9-10-20(18)26-23(22)21-17-7-2-3-8-19(17)27-24(21)30/h2-3,7-10,14,16,27,30H,4-6,11-13H2,1H3/b28-22+. The van der Waals surface area contributed by atoms with Crippen molar-refractivity contribution < 1.29 is 14.3 Å². The van der Waals surface area contributed by atoms with Crippen LogP contribution >= 0.6 is 0 Å². The molecule has 1 aromatic heterocycles. The van der Waals surface area contributed by atoms with Crippen molar-refractivity contribution in [2.75, 3.05) is 20.2 Å². The van der Waals surface area contributed by atoms with Crippen LogP contribution in [0.3, 0.4) is 0 Å². The highest BCUT2D eigenvalue weighted by Crippen LogP contribution is 2.36. The third-order valence-corrected chi connectivity index (χ3v) is 6.21. The number of rotatable bonds is 5. The van der Waals surface area contributed by atoms with Crippen LogP contribution in [0, 0.1) is 5.82 Å². The zero-order valence-corrected chi connectivity index (χ0v) is 17.4. The van der Waals surface area contributed by atoms with Crippen molar-refractivity contribution in [1.29, 1.82) is 0 Å². The molecule has 0 saturated carbocycles. The first-order valence-corrected chi connectivity index (χ1v) is 10.7. The van der Waals surface area contributed by atoms with Gasteiger partial charge in [-0.1, -0.05) is 29.8 Å². The summed E-state index contributed by atoms with van der Waals surface area (Å²) in [6, 6.07) is 12.5. The molecule has 3 heterocycles. The van der Waals surface area contributed by atoms with Gasteiger partial charge >= 0.3 is 0 Å². The van der Waals surface area contributed by atoms with Crippen molar-refractivity contribution in [3.05, 3.63) is 59.4 Å². The molecule has 1 saturated heterocycles. The number of hydrogen-bond donors (Lipinski definition) is 2. The highest BCUT2D eigenvalue weighted by molar-refractivity contribution is 6.58. The van der Waals surface area contributed by atoms with Crippen LogP contribution < -0.4 is 0 Å². The molecule has 0 radical (unpaired) electrons. The molecule has 0 spiro atoms. The molecule has 2 aromatic carbocycles. The molecule has 6 nitrogen and oxygen atoms in total. The molecule has 1 unspecified atom stereocenters. The summed E-state index contributed by atoms with van der Waals surface area (Å²) in [6.45, 7) is 1.58. The maximum Gasteiger partial charge on any atom is 0.199 e. The van der Waals surface area contributed by atoms with Gasteiger partial charge < -0.3 is 19.8 Å². The number of nitrogens with one attached hydrogen (secondary N) is 1. The van der Waals surface area contributed by atoms with E-state index in [1.165, 1.54) is 31.4 Å². The lowest BCUT2D eigenvalue weighted by Crippen LogP contribution is -2.36. The van der Waals surface area contributed by atoms with Crippen molar-refractivity contribution in [3.8, 4) is 5.88 Å². The predicted molar refractivity (Wildman–Crippen MR) is 120 cm³/mol. The van der Waals surface area contributed by atoms with E-state index in [1.807, 2.05) is 24.3 Å². The van der Waals surface area contributed by atoms with Gasteiger partial charge in [-0.3, -0.25) is 0 Å². The summed E-state index contributed by atoms with van der Waals surface area (Å²) >= 11 is 0. The van der Waals surface area contributed by atoms with E-state index in [4.69, 9.17) is 4.84 Å². The normalized spacial score (nSPS) is 20.3. The Hall–Kier alpha value is -3.19. The minimum absolute atomic E-state index is 0.00441. The number of aromatic nitrogens is 1. The number of piperidine rings is 1. The van der Waals surface area contributed by atoms with E-state index in [1.54, 1.807) is 6.07 Å². The average Bonchev–Trinajstić information content (AvgIpc) is 3.28. The number of aliphatic imine (C=N–C) groups is 1. The molecule has 31 heavy (non-hydrogen) atoms. The van der Waals surface area contributed by atoms with E-state index in [0.29, 0.717) is 40.9 Å². The second kappa shape index (κ2) is 8.15. The first kappa shape index (κ1) is 19.8. The summed E-state index contributed by atoms with van der Waals surface area (Å²) in [7, 11) is 2.15. The van der Waals surface area contributed by atoms with Crippen molar-refractivity contribution >= 4 is 28.0 Å². The highest BCUT2D eigenvalue weighted by atomic mass is 19.1. The Morgan fingerprint density at radius 2 is 2.13 bits per heavy atom. The number of aromatic hydroxyl groups is 1. The SMILES string of the molecule is CN1CCCCC1CCO/N=C1/C(c2c(O)[nH]c3ccccc23)=Nc2ccc(F)cc21. The van der Waals surface area contributed by atoms with Crippen LogP contribution in [0.4, 0.5) is 10.1 Å². The lowest BCUT2D eigenvalue weighted by molar-refractivity contribution is 0.0975. The van der Waals surface area contributed by atoms with Gasteiger partial charge in [-0.05, 0) is 57.1 Å². The van der Waals surface area contributed by atoms with Crippen LogP contribution in [-0.4, -0.2) is 52.7 Å². The Bertz CT molecular complexity index is 1180. The quantitative estimate of drug-likeness (QED) is 0.462. The summed E-state index contributed by atoms with van der Waals surface area (Å²) in [5, 5.41) is 15.8. The van der Waals surface area contributed by atoms with Gasteiger partial charge in [0.1, 0.15) is 23.8 Å². The van der Waals surface area contributed by atoms with E-state index in [0.717, 1.165) is 23.9 Å². The van der Waals surface area contributed by atoms with Crippen molar-refractivity contribution in [2.24, 2.45) is 10.1 Å². The molecule has 0 bridgehead atoms. The van der Waals surface area contributed by atoms with Gasteiger partial charge in [0.15, 0.2) is 5.88 Å². The fraction of sp³-hybridized carbons (Fsp3) is 0.333. The topological polar surface area (TPSA) is 73.2 Å². The number of hydrogen-bond acceptors (Lipinski definition) is 5. The molecular weight excluding hydrogens is 395 g/mol. The van der Waals surface area contributed by atoms with E-state index in [2.05, 4.69) is 27.1 Å². The average molecular weight is 420 g/mol. The number of nitrogens with zero attached hydrogens (tertiary/aromatic N) is 3. The third kappa shape index (κ3) is 3.70. The number of fused-ring (bicyclic) bond motifs is 2. The van der Waals surface area contributed by atoms with Crippen molar-refractivity contribution in [2.45, 2.75) is 31.7 Å². The molecule has 0 aliphatic carbocycles. The molecule has 0 amide bonds. The number of para-hydroxylation sites is 1. The zero-order valence-electron chi connectivity index (χ0n) is 17.4. The Labute approximate surface area is 180 Å². The minimum atomic E-state index is -0.366. The molecule has 2 aliphatic rings. The smallest absolute Gasteiger partial charge is 0.199 e. The largest absolute Gasteiger partial charge is 0.494 e. The van der Waals surface area contributed by atoms with Gasteiger partial charge in [-0.2, -0.15) is 0 Å². The summed E-state index contributed by atoms with van der Waals surface area (Å²) in [4.78, 5) is 15.7. The fourth-order valence-electron chi connectivity index (χ4n) is 4.54. The summed E-state index contributed by atoms with van der Waals surface area (Å²) in [6.07, 6.45) is 4.54. The van der Waals surface area contributed by atoms with Crippen LogP contribution in [0.15, 0.2) is 52.6 Å². The fourth-order valence-corrected chi connectivity index (χ4v) is 4.54. The molecule has 5 rings (SSSR count). The summed E-state index contributed by atoms with van der Waals surface area (Å²) < 4.78 is 14.0. The Balaban J connectivity index is 1.46. The van der Waals surface area contributed by atoms with Gasteiger partial charge in [-0.25, -0.2) is 9.38 Å².